The molecule has 0 aliphatic carbocycles. The summed E-state index contributed by atoms with van der Waals surface area (Å²) >= 11 is 0. The zero-order chi connectivity index (χ0) is 8.85. The Balaban J connectivity index is 3.79. The zero-order valence-corrected chi connectivity index (χ0v) is 7.42. The number of Topliss-reactive ketones (excluding diaryl/α,β-unsaturated/α-hetero) is 1. The van der Waals surface area contributed by atoms with Gasteiger partial charge in [0.05, 0.1) is 12.0 Å². The Morgan fingerprint density at radius 1 is 1.55 bits per heavy atom. The van der Waals surface area contributed by atoms with Gasteiger partial charge in [0.25, 0.3) is 0 Å². The summed E-state index contributed by atoms with van der Waals surface area (Å²) in [7, 11) is 0. The third kappa shape index (κ3) is 5.60. The first-order chi connectivity index (χ1) is 5.06. The van der Waals surface area contributed by atoms with Crippen LogP contribution in [-0.4, -0.2) is 5.78 Å². The Labute approximate surface area is 68.2 Å². The van der Waals surface area contributed by atoms with Crippen molar-refractivity contribution >= 4 is 5.78 Å². The molecule has 11 heavy (non-hydrogen) atoms. The Morgan fingerprint density at radius 2 is 2.09 bits per heavy atom. The van der Waals surface area contributed by atoms with E-state index in [1.54, 1.807) is 0 Å². The molecule has 0 N–H and O–H groups in total. The van der Waals surface area contributed by atoms with E-state index in [1.807, 2.05) is 0 Å². The molecule has 0 radical (unpaired) electrons. The number of carbonyl (C=O) groups is 1. The van der Waals surface area contributed by atoms with Gasteiger partial charge in [-0.25, -0.2) is 0 Å². The van der Waals surface area contributed by atoms with Gasteiger partial charge in [0.1, 0.15) is 5.78 Å². The normalized spacial score (nSPS) is 12.6. The Morgan fingerprint density at radius 3 is 2.36 bits per heavy atom. The van der Waals surface area contributed by atoms with E-state index in [0.717, 1.165) is 6.42 Å². The maximum absolute atomic E-state index is 10.6. The summed E-state index contributed by atoms with van der Waals surface area (Å²) < 4.78 is 0. The van der Waals surface area contributed by atoms with Crippen molar-refractivity contribution in [3.05, 3.63) is 0 Å². The molecule has 0 aliphatic rings. The van der Waals surface area contributed by atoms with Crippen LogP contribution in [0, 0.1) is 23.2 Å². The summed E-state index contributed by atoms with van der Waals surface area (Å²) in [6.07, 6.45) is 1.24. The molecule has 0 saturated carbocycles. The van der Waals surface area contributed by atoms with Gasteiger partial charge in [-0.05, 0) is 19.3 Å². The highest BCUT2D eigenvalue weighted by atomic mass is 16.1. The predicted octanol–water partition coefficient (Wildman–Crippen LogP) is 2.15. The number of rotatable bonds is 4. The van der Waals surface area contributed by atoms with E-state index in [1.165, 1.54) is 6.92 Å². The van der Waals surface area contributed by atoms with E-state index in [4.69, 9.17) is 5.26 Å². The summed E-state index contributed by atoms with van der Waals surface area (Å²) in [5.41, 5.74) is 0. The minimum Gasteiger partial charge on any atom is -0.300 e. The molecule has 0 aromatic carbocycles. The topological polar surface area (TPSA) is 40.9 Å². The molecule has 2 heteroatoms. The van der Waals surface area contributed by atoms with Crippen molar-refractivity contribution in [2.75, 3.05) is 0 Å². The summed E-state index contributed by atoms with van der Waals surface area (Å²) in [4.78, 5) is 10.6. The van der Waals surface area contributed by atoms with Gasteiger partial charge in [-0.15, -0.1) is 0 Å². The van der Waals surface area contributed by atoms with Gasteiger partial charge in [-0.1, -0.05) is 13.8 Å². The van der Waals surface area contributed by atoms with Gasteiger partial charge in [0, 0.05) is 6.42 Å². The molecule has 0 bridgehead atoms. The maximum Gasteiger partial charge on any atom is 0.131 e. The summed E-state index contributed by atoms with van der Waals surface area (Å²) in [5, 5.41) is 8.62. The molecule has 0 fully saturated rings. The van der Waals surface area contributed by atoms with Crippen molar-refractivity contribution in [2.45, 2.75) is 33.6 Å². The Hall–Kier alpha value is -0.840. The highest BCUT2D eigenvalue weighted by molar-refractivity contribution is 5.76. The molecular weight excluding hydrogens is 138 g/mol. The molecule has 0 heterocycles. The lowest BCUT2D eigenvalue weighted by atomic mass is 9.94. The quantitative estimate of drug-likeness (QED) is 0.621. The molecule has 1 atom stereocenters. The minimum atomic E-state index is -0.0764. The average Bonchev–Trinajstić information content (AvgIpc) is 1.84. The fraction of sp³-hybridized carbons (Fsp3) is 0.778. The number of nitrogens with zero attached hydrogens (tertiary/aromatic N) is 1. The maximum atomic E-state index is 10.6. The Kier molecular flexibility index (Phi) is 4.52. The van der Waals surface area contributed by atoms with E-state index in [2.05, 4.69) is 19.9 Å². The van der Waals surface area contributed by atoms with Crippen LogP contribution in [-0.2, 0) is 4.79 Å². The highest BCUT2D eigenvalue weighted by Crippen LogP contribution is 2.14. The third-order valence-electron chi connectivity index (χ3n) is 1.47. The van der Waals surface area contributed by atoms with Gasteiger partial charge in [0.2, 0.25) is 0 Å². The molecule has 0 rings (SSSR count). The second kappa shape index (κ2) is 4.90. The van der Waals surface area contributed by atoms with Gasteiger partial charge in [0.15, 0.2) is 0 Å². The van der Waals surface area contributed by atoms with Crippen LogP contribution in [0.4, 0.5) is 0 Å². The van der Waals surface area contributed by atoms with Crippen LogP contribution in [0.15, 0.2) is 0 Å². The molecule has 0 aromatic rings. The number of nitriles is 1. The predicted molar refractivity (Wildman–Crippen MR) is 43.9 cm³/mol. The second-order valence-corrected chi connectivity index (χ2v) is 3.36. The first-order valence-electron chi connectivity index (χ1n) is 3.95. The first kappa shape index (κ1) is 10.2. The smallest absolute Gasteiger partial charge is 0.131 e. The molecule has 0 amide bonds. The SMILES string of the molecule is CC(=O)C[C@@H](C#N)CC(C)C. The van der Waals surface area contributed by atoms with E-state index >= 15 is 0 Å². The lowest BCUT2D eigenvalue weighted by molar-refractivity contribution is -0.117. The number of hydrogen-bond acceptors (Lipinski definition) is 2. The molecule has 0 aliphatic heterocycles. The Bertz CT molecular complexity index is 167. The molecule has 62 valence electrons. The van der Waals surface area contributed by atoms with Gasteiger partial charge >= 0.3 is 0 Å². The number of carbonyl (C=O) groups excluding carboxylic acids is 1. The molecule has 2 nitrogen and oxygen atoms in total. The van der Waals surface area contributed by atoms with Gasteiger partial charge < -0.3 is 0 Å². The van der Waals surface area contributed by atoms with Crippen molar-refractivity contribution in [1.82, 2.24) is 0 Å². The van der Waals surface area contributed by atoms with E-state index < -0.39 is 0 Å². The summed E-state index contributed by atoms with van der Waals surface area (Å²) in [5.74, 6) is 0.531. The van der Waals surface area contributed by atoms with Crippen LogP contribution in [0.3, 0.4) is 0 Å². The molecular formula is C9H15NO. The fourth-order valence-electron chi connectivity index (χ4n) is 1.10. The second-order valence-electron chi connectivity index (χ2n) is 3.36. The van der Waals surface area contributed by atoms with Crippen molar-refractivity contribution in [3.8, 4) is 6.07 Å². The molecule has 0 aromatic heterocycles. The van der Waals surface area contributed by atoms with E-state index in [-0.39, 0.29) is 11.7 Å². The largest absolute Gasteiger partial charge is 0.300 e. The van der Waals surface area contributed by atoms with Crippen LogP contribution in [0.25, 0.3) is 0 Å². The van der Waals surface area contributed by atoms with Crippen molar-refractivity contribution in [3.63, 3.8) is 0 Å². The number of hydrogen-bond donors (Lipinski definition) is 0. The monoisotopic (exact) mass is 153 g/mol. The lowest BCUT2D eigenvalue weighted by Gasteiger charge is -2.08. The van der Waals surface area contributed by atoms with Crippen LogP contribution in [0.1, 0.15) is 33.6 Å². The highest BCUT2D eigenvalue weighted by Gasteiger charge is 2.11. The van der Waals surface area contributed by atoms with Gasteiger partial charge in [-0.3, -0.25) is 4.79 Å². The van der Waals surface area contributed by atoms with Crippen molar-refractivity contribution in [2.24, 2.45) is 11.8 Å². The summed E-state index contributed by atoms with van der Waals surface area (Å²) in [6.45, 7) is 5.65. The van der Waals surface area contributed by atoms with Crippen molar-refractivity contribution < 1.29 is 4.79 Å². The first-order valence-corrected chi connectivity index (χ1v) is 3.95. The summed E-state index contributed by atoms with van der Waals surface area (Å²) in [6, 6.07) is 2.14. The fourth-order valence-corrected chi connectivity index (χ4v) is 1.10. The van der Waals surface area contributed by atoms with Crippen LogP contribution in [0.2, 0.25) is 0 Å². The number of ketones is 1. The van der Waals surface area contributed by atoms with E-state index in [9.17, 15) is 4.79 Å². The standard InChI is InChI=1S/C9H15NO/c1-7(2)4-9(6-10)5-8(3)11/h7,9H,4-5H2,1-3H3/t9-/m0/s1. The van der Waals surface area contributed by atoms with Crippen LogP contribution in [0.5, 0.6) is 0 Å². The zero-order valence-electron chi connectivity index (χ0n) is 7.42. The van der Waals surface area contributed by atoms with Gasteiger partial charge in [-0.2, -0.15) is 5.26 Å². The van der Waals surface area contributed by atoms with E-state index in [0.29, 0.717) is 12.3 Å². The van der Waals surface area contributed by atoms with Crippen LogP contribution < -0.4 is 0 Å². The minimum absolute atomic E-state index is 0.0764. The molecule has 0 spiro atoms. The van der Waals surface area contributed by atoms with Crippen LogP contribution >= 0.6 is 0 Å². The average molecular weight is 153 g/mol. The van der Waals surface area contributed by atoms with Crippen molar-refractivity contribution in [1.29, 1.82) is 5.26 Å². The molecule has 0 unspecified atom stereocenters. The lowest BCUT2D eigenvalue weighted by Crippen LogP contribution is -2.06. The molecule has 0 saturated heterocycles. The third-order valence-corrected chi connectivity index (χ3v) is 1.47.